The average Bonchev–Trinajstić information content (AvgIpc) is 2.29. The van der Waals surface area contributed by atoms with Crippen molar-refractivity contribution in [2.45, 2.75) is 19.4 Å². The summed E-state index contributed by atoms with van der Waals surface area (Å²) >= 11 is 0. The van der Waals surface area contributed by atoms with Crippen LogP contribution in [-0.4, -0.2) is 18.4 Å². The highest BCUT2D eigenvalue weighted by molar-refractivity contribution is 6.04. The first-order valence-corrected chi connectivity index (χ1v) is 5.45. The number of carbonyl (C=O) groups is 1. The Labute approximate surface area is 96.3 Å². The van der Waals surface area contributed by atoms with E-state index in [9.17, 15) is 4.79 Å². The van der Waals surface area contributed by atoms with Gasteiger partial charge in [-0.1, -0.05) is 30.3 Å². The van der Waals surface area contributed by atoms with E-state index in [0.717, 1.165) is 13.0 Å². The lowest BCUT2D eigenvalue weighted by Gasteiger charge is -2.03. The lowest BCUT2D eigenvalue weighted by Crippen LogP contribution is -2.21. The minimum atomic E-state index is 0.00824. The number of nitrogens with one attached hydrogen (secondary N) is 1. The first-order valence-electron chi connectivity index (χ1n) is 5.45. The molecule has 1 aromatic carbocycles. The fourth-order valence-electron chi connectivity index (χ4n) is 1.23. The van der Waals surface area contributed by atoms with Gasteiger partial charge in [-0.25, -0.2) is 0 Å². The fraction of sp³-hybridized carbons (Fsp3) is 0.308. The normalized spacial score (nSPS) is 12.6. The van der Waals surface area contributed by atoms with E-state index in [4.69, 9.17) is 5.73 Å². The second kappa shape index (κ2) is 6.80. The van der Waals surface area contributed by atoms with E-state index < -0.39 is 0 Å². The summed E-state index contributed by atoms with van der Waals surface area (Å²) in [4.78, 5) is 11.6. The van der Waals surface area contributed by atoms with Crippen molar-refractivity contribution in [3.8, 4) is 0 Å². The summed E-state index contributed by atoms with van der Waals surface area (Å²) in [5.41, 5.74) is 6.30. The molecule has 3 nitrogen and oxygen atoms in total. The van der Waals surface area contributed by atoms with Crippen LogP contribution in [-0.2, 0) is 0 Å². The van der Waals surface area contributed by atoms with Gasteiger partial charge in [-0.05, 0) is 13.3 Å². The van der Waals surface area contributed by atoms with Crippen LogP contribution in [0.2, 0.25) is 0 Å². The van der Waals surface area contributed by atoms with Crippen molar-refractivity contribution in [1.82, 2.24) is 5.32 Å². The number of ketones is 1. The van der Waals surface area contributed by atoms with Crippen molar-refractivity contribution in [1.29, 1.82) is 0 Å². The molecule has 3 heteroatoms. The molecular weight excluding hydrogens is 200 g/mol. The average molecular weight is 218 g/mol. The van der Waals surface area contributed by atoms with E-state index in [-0.39, 0.29) is 11.8 Å². The molecule has 1 aromatic rings. The first-order chi connectivity index (χ1) is 7.70. The van der Waals surface area contributed by atoms with Gasteiger partial charge in [0.2, 0.25) is 0 Å². The molecule has 0 saturated heterocycles. The number of carbonyl (C=O) groups excluding carboxylic acids is 1. The van der Waals surface area contributed by atoms with E-state index in [1.807, 2.05) is 25.1 Å². The zero-order chi connectivity index (χ0) is 11.8. The van der Waals surface area contributed by atoms with E-state index >= 15 is 0 Å². The molecule has 0 amide bonds. The third kappa shape index (κ3) is 4.75. The van der Waals surface area contributed by atoms with Crippen molar-refractivity contribution in [3.63, 3.8) is 0 Å². The van der Waals surface area contributed by atoms with Crippen LogP contribution in [0.5, 0.6) is 0 Å². The number of allylic oxidation sites excluding steroid dienone is 1. The molecule has 0 aliphatic rings. The Hall–Kier alpha value is -1.61. The Kier molecular flexibility index (Phi) is 5.29. The molecule has 1 rings (SSSR count). The summed E-state index contributed by atoms with van der Waals surface area (Å²) in [6, 6.07) is 9.38. The highest BCUT2D eigenvalue weighted by Gasteiger charge is 1.98. The van der Waals surface area contributed by atoms with Crippen molar-refractivity contribution in [2.24, 2.45) is 5.73 Å². The molecule has 0 heterocycles. The molecule has 1 atom stereocenters. The van der Waals surface area contributed by atoms with E-state index in [1.54, 1.807) is 18.3 Å². The molecule has 16 heavy (non-hydrogen) atoms. The van der Waals surface area contributed by atoms with Crippen LogP contribution in [0.25, 0.3) is 0 Å². The molecule has 0 saturated carbocycles. The Morgan fingerprint density at radius 3 is 2.75 bits per heavy atom. The Morgan fingerprint density at radius 1 is 1.44 bits per heavy atom. The molecule has 0 aromatic heterocycles. The number of rotatable bonds is 6. The number of hydrogen-bond acceptors (Lipinski definition) is 3. The lowest BCUT2D eigenvalue weighted by molar-refractivity contribution is 0.104. The van der Waals surface area contributed by atoms with Crippen LogP contribution in [0.15, 0.2) is 42.6 Å². The molecule has 0 fully saturated rings. The van der Waals surface area contributed by atoms with Crippen LogP contribution in [0.3, 0.4) is 0 Å². The topological polar surface area (TPSA) is 55.1 Å². The molecule has 0 aliphatic carbocycles. The van der Waals surface area contributed by atoms with Gasteiger partial charge in [0, 0.05) is 30.4 Å². The summed E-state index contributed by atoms with van der Waals surface area (Å²) < 4.78 is 0. The Morgan fingerprint density at radius 2 is 2.12 bits per heavy atom. The van der Waals surface area contributed by atoms with Crippen LogP contribution in [0.4, 0.5) is 0 Å². The first kappa shape index (κ1) is 12.5. The van der Waals surface area contributed by atoms with Gasteiger partial charge in [-0.15, -0.1) is 0 Å². The maximum atomic E-state index is 11.6. The Bertz CT molecular complexity index is 344. The van der Waals surface area contributed by atoms with Gasteiger partial charge >= 0.3 is 0 Å². The highest BCUT2D eigenvalue weighted by atomic mass is 16.1. The van der Waals surface area contributed by atoms with Gasteiger partial charge in [0.1, 0.15) is 0 Å². The monoisotopic (exact) mass is 218 g/mol. The van der Waals surface area contributed by atoms with Crippen molar-refractivity contribution < 1.29 is 4.79 Å². The highest BCUT2D eigenvalue weighted by Crippen LogP contribution is 2.00. The van der Waals surface area contributed by atoms with Gasteiger partial charge in [0.25, 0.3) is 0 Å². The van der Waals surface area contributed by atoms with Crippen LogP contribution >= 0.6 is 0 Å². The molecule has 0 aliphatic heterocycles. The lowest BCUT2D eigenvalue weighted by atomic mass is 10.1. The summed E-state index contributed by atoms with van der Waals surface area (Å²) in [7, 11) is 0. The zero-order valence-electron chi connectivity index (χ0n) is 9.52. The van der Waals surface area contributed by atoms with Gasteiger partial charge in [0.05, 0.1) is 0 Å². The third-order valence-electron chi connectivity index (χ3n) is 2.15. The summed E-state index contributed by atoms with van der Waals surface area (Å²) in [6.07, 6.45) is 4.11. The quantitative estimate of drug-likeness (QED) is 0.434. The van der Waals surface area contributed by atoms with Crippen LogP contribution in [0.1, 0.15) is 23.7 Å². The van der Waals surface area contributed by atoms with Crippen LogP contribution in [0, 0.1) is 0 Å². The standard InChI is InChI=1S/C13H18N2O/c1-11(14)7-9-15-10-8-13(16)12-5-3-2-4-6-12/h2-6,8,10-11,15H,7,9,14H2,1H3/b10-8-. The van der Waals surface area contributed by atoms with Crippen molar-refractivity contribution >= 4 is 5.78 Å². The van der Waals surface area contributed by atoms with E-state index in [2.05, 4.69) is 5.32 Å². The number of benzene rings is 1. The number of nitrogens with two attached hydrogens (primary N) is 1. The van der Waals surface area contributed by atoms with Crippen molar-refractivity contribution in [3.05, 3.63) is 48.2 Å². The second-order valence-corrected chi connectivity index (χ2v) is 3.78. The molecule has 0 radical (unpaired) electrons. The largest absolute Gasteiger partial charge is 0.391 e. The molecule has 86 valence electrons. The number of hydrogen-bond donors (Lipinski definition) is 2. The molecule has 1 unspecified atom stereocenters. The summed E-state index contributed by atoms with van der Waals surface area (Å²) in [5, 5.41) is 3.04. The molecule has 0 spiro atoms. The minimum absolute atomic E-state index is 0.00824. The molecule has 0 bridgehead atoms. The third-order valence-corrected chi connectivity index (χ3v) is 2.15. The van der Waals surface area contributed by atoms with E-state index in [0.29, 0.717) is 5.56 Å². The smallest absolute Gasteiger partial charge is 0.187 e. The fourth-order valence-corrected chi connectivity index (χ4v) is 1.23. The second-order valence-electron chi connectivity index (χ2n) is 3.78. The minimum Gasteiger partial charge on any atom is -0.391 e. The Balaban J connectivity index is 2.32. The summed E-state index contributed by atoms with van der Waals surface area (Å²) in [6.45, 7) is 2.75. The SMILES string of the molecule is CC(N)CCN/C=C\C(=O)c1ccccc1. The predicted molar refractivity (Wildman–Crippen MR) is 66.2 cm³/mol. The van der Waals surface area contributed by atoms with Gasteiger partial charge in [0.15, 0.2) is 5.78 Å². The molecular formula is C13H18N2O. The zero-order valence-corrected chi connectivity index (χ0v) is 9.52. The van der Waals surface area contributed by atoms with E-state index in [1.165, 1.54) is 6.08 Å². The maximum Gasteiger partial charge on any atom is 0.187 e. The molecule has 3 N–H and O–H groups in total. The predicted octanol–water partition coefficient (Wildman–Crippen LogP) is 1.71. The van der Waals surface area contributed by atoms with Gasteiger partial charge < -0.3 is 11.1 Å². The van der Waals surface area contributed by atoms with Crippen LogP contribution < -0.4 is 11.1 Å². The van der Waals surface area contributed by atoms with Gasteiger partial charge in [-0.2, -0.15) is 0 Å². The maximum absolute atomic E-state index is 11.6. The van der Waals surface area contributed by atoms with Crippen molar-refractivity contribution in [2.75, 3.05) is 6.54 Å². The summed E-state index contributed by atoms with van der Waals surface area (Å²) in [5.74, 6) is 0.00824. The van der Waals surface area contributed by atoms with Gasteiger partial charge in [-0.3, -0.25) is 4.79 Å².